The van der Waals surface area contributed by atoms with E-state index in [4.69, 9.17) is 4.74 Å². The third-order valence-electron chi connectivity index (χ3n) is 4.04. The van der Waals surface area contributed by atoms with Crippen LogP contribution in [0.2, 0.25) is 0 Å². The normalized spacial score (nSPS) is 10.9. The lowest BCUT2D eigenvalue weighted by molar-refractivity contribution is -0.274. The average molecular weight is 438 g/mol. The number of benzene rings is 2. The van der Waals surface area contributed by atoms with Gasteiger partial charge in [-0.2, -0.15) is 0 Å². The van der Waals surface area contributed by atoms with Gasteiger partial charge < -0.3 is 19.7 Å². The van der Waals surface area contributed by atoms with Crippen molar-refractivity contribution in [1.29, 1.82) is 0 Å². The molecule has 0 radical (unpaired) electrons. The number of halogens is 3. The number of carbonyl (C=O) groups is 3. The van der Waals surface area contributed by atoms with Crippen LogP contribution in [0.5, 0.6) is 11.5 Å². The van der Waals surface area contributed by atoms with Crippen LogP contribution in [0.4, 0.5) is 18.9 Å². The molecule has 166 valence electrons. The van der Waals surface area contributed by atoms with Gasteiger partial charge in [-0.15, -0.1) is 13.2 Å². The van der Waals surface area contributed by atoms with Gasteiger partial charge in [0, 0.05) is 24.7 Å². The summed E-state index contributed by atoms with van der Waals surface area (Å²) in [7, 11) is 1.41. The molecule has 0 heterocycles. The van der Waals surface area contributed by atoms with Crippen molar-refractivity contribution < 1.29 is 37.0 Å². The van der Waals surface area contributed by atoms with Crippen molar-refractivity contribution in [1.82, 2.24) is 4.90 Å². The molecule has 1 N–H and O–H groups in total. The molecule has 7 nitrogen and oxygen atoms in total. The summed E-state index contributed by atoms with van der Waals surface area (Å²) in [6, 6.07) is 11.0. The molecule has 2 amide bonds. The maximum atomic E-state index is 12.2. The second-order valence-electron chi connectivity index (χ2n) is 6.46. The lowest BCUT2D eigenvalue weighted by Gasteiger charge is -2.17. The van der Waals surface area contributed by atoms with Gasteiger partial charge in [0.1, 0.15) is 11.5 Å². The summed E-state index contributed by atoms with van der Waals surface area (Å²) in [6.45, 7) is 1.16. The highest BCUT2D eigenvalue weighted by molar-refractivity contribution is 5.96. The highest BCUT2D eigenvalue weighted by Crippen LogP contribution is 2.24. The Morgan fingerprint density at radius 3 is 2.10 bits per heavy atom. The van der Waals surface area contributed by atoms with Gasteiger partial charge in [-0.3, -0.25) is 14.4 Å². The number of amides is 2. The molecule has 0 aromatic heterocycles. The summed E-state index contributed by atoms with van der Waals surface area (Å²) < 4.78 is 45.6. The molecule has 0 atom stereocenters. The first kappa shape index (κ1) is 23.7. The third kappa shape index (κ3) is 8.00. The number of ketones is 1. The number of carbonyl (C=O) groups excluding carboxylic acids is 3. The molecule has 0 saturated carbocycles. The molecule has 0 aliphatic carbocycles. The summed E-state index contributed by atoms with van der Waals surface area (Å²) in [4.78, 5) is 36.9. The van der Waals surface area contributed by atoms with E-state index < -0.39 is 23.9 Å². The quantitative estimate of drug-likeness (QED) is 0.604. The van der Waals surface area contributed by atoms with Crippen molar-refractivity contribution in [3.63, 3.8) is 0 Å². The molecule has 10 heteroatoms. The highest BCUT2D eigenvalue weighted by atomic mass is 19.4. The fraction of sp³-hybridized carbons (Fsp3) is 0.286. The van der Waals surface area contributed by atoms with Crippen LogP contribution in [0.25, 0.3) is 0 Å². The van der Waals surface area contributed by atoms with E-state index in [2.05, 4.69) is 10.1 Å². The predicted octanol–water partition coefficient (Wildman–Crippen LogP) is 3.65. The van der Waals surface area contributed by atoms with Crippen LogP contribution >= 0.6 is 0 Å². The fourth-order valence-corrected chi connectivity index (χ4v) is 2.44. The van der Waals surface area contributed by atoms with Gasteiger partial charge in [-0.25, -0.2) is 0 Å². The van der Waals surface area contributed by atoms with E-state index >= 15 is 0 Å². The van der Waals surface area contributed by atoms with Gasteiger partial charge in [-0.05, 0) is 48.5 Å². The lowest BCUT2D eigenvalue weighted by Crippen LogP contribution is -2.37. The smallest absolute Gasteiger partial charge is 0.484 e. The molecule has 0 aliphatic heterocycles. The molecule has 0 aliphatic rings. The number of ether oxygens (including phenoxy) is 2. The zero-order chi connectivity index (χ0) is 23.0. The first-order valence-corrected chi connectivity index (χ1v) is 9.23. The van der Waals surface area contributed by atoms with Crippen LogP contribution in [-0.4, -0.2) is 49.1 Å². The van der Waals surface area contributed by atoms with Gasteiger partial charge in [0.2, 0.25) is 5.91 Å². The highest BCUT2D eigenvalue weighted by Gasteiger charge is 2.31. The average Bonchev–Trinajstić information content (AvgIpc) is 2.72. The Balaban J connectivity index is 1.80. The minimum Gasteiger partial charge on any atom is -0.484 e. The maximum Gasteiger partial charge on any atom is 0.573 e. The van der Waals surface area contributed by atoms with E-state index in [1.165, 1.54) is 19.2 Å². The molecule has 0 fully saturated rings. The zero-order valence-electron chi connectivity index (χ0n) is 16.9. The lowest BCUT2D eigenvalue weighted by atomic mass is 10.1. The second kappa shape index (κ2) is 10.5. The largest absolute Gasteiger partial charge is 0.573 e. The Morgan fingerprint density at radius 2 is 1.55 bits per heavy atom. The van der Waals surface area contributed by atoms with Gasteiger partial charge in [0.25, 0.3) is 5.91 Å². The first-order chi connectivity index (χ1) is 14.6. The van der Waals surface area contributed by atoms with Crippen molar-refractivity contribution in [2.24, 2.45) is 0 Å². The Bertz CT molecular complexity index is 912. The van der Waals surface area contributed by atoms with Crippen LogP contribution in [0.15, 0.2) is 48.5 Å². The number of nitrogens with one attached hydrogen (secondary N) is 1. The van der Waals surface area contributed by atoms with E-state index in [0.29, 0.717) is 17.7 Å². The van der Waals surface area contributed by atoms with Crippen LogP contribution in [-0.2, 0) is 9.59 Å². The molecule has 0 unspecified atom stereocenters. The standard InChI is InChI=1S/C21H21F3N2O5/c1-3-18(27)14-4-8-16(9-5-14)30-13-20(29)26(2)12-19(28)25-15-6-10-17(11-7-15)31-21(22,23)24/h4-11H,3,12-13H2,1-2H3,(H,25,28). The van der Waals surface area contributed by atoms with Crippen molar-refractivity contribution >= 4 is 23.3 Å². The number of hydrogen-bond donors (Lipinski definition) is 1. The molecule has 2 aromatic carbocycles. The number of rotatable bonds is 9. The molecule has 0 saturated heterocycles. The minimum absolute atomic E-state index is 0.00381. The number of Topliss-reactive ketones (excluding diaryl/α,β-unsaturated/α-hetero) is 1. The monoisotopic (exact) mass is 438 g/mol. The fourth-order valence-electron chi connectivity index (χ4n) is 2.44. The van der Waals surface area contributed by atoms with Crippen LogP contribution in [0.1, 0.15) is 23.7 Å². The molecular formula is C21H21F3N2O5. The summed E-state index contributed by atoms with van der Waals surface area (Å²) >= 11 is 0. The Morgan fingerprint density at radius 1 is 0.968 bits per heavy atom. The summed E-state index contributed by atoms with van der Waals surface area (Å²) in [5.41, 5.74) is 0.798. The van der Waals surface area contributed by atoms with Crippen LogP contribution in [0, 0.1) is 0 Å². The van der Waals surface area contributed by atoms with E-state index in [1.54, 1.807) is 31.2 Å². The van der Waals surface area contributed by atoms with Gasteiger partial charge in [0.15, 0.2) is 12.4 Å². The number of alkyl halides is 3. The summed E-state index contributed by atoms with van der Waals surface area (Å²) in [5, 5.41) is 2.47. The van der Waals surface area contributed by atoms with E-state index in [1.807, 2.05) is 0 Å². The summed E-state index contributed by atoms with van der Waals surface area (Å²) in [6.07, 6.45) is -4.41. The van der Waals surface area contributed by atoms with Crippen molar-refractivity contribution in [2.75, 3.05) is 25.5 Å². The van der Waals surface area contributed by atoms with Crippen LogP contribution < -0.4 is 14.8 Å². The SMILES string of the molecule is CCC(=O)c1ccc(OCC(=O)N(C)CC(=O)Nc2ccc(OC(F)(F)F)cc2)cc1. The number of nitrogens with zero attached hydrogens (tertiary/aromatic N) is 1. The third-order valence-corrected chi connectivity index (χ3v) is 4.04. The van der Waals surface area contributed by atoms with Gasteiger partial charge in [0.05, 0.1) is 6.54 Å². The molecule has 2 rings (SSSR count). The van der Waals surface area contributed by atoms with Crippen molar-refractivity contribution in [2.45, 2.75) is 19.7 Å². The zero-order valence-corrected chi connectivity index (χ0v) is 16.9. The number of likely N-dealkylation sites (N-methyl/N-ethyl adjacent to an activating group) is 1. The molecule has 0 spiro atoms. The number of hydrogen-bond acceptors (Lipinski definition) is 5. The van der Waals surface area contributed by atoms with E-state index in [0.717, 1.165) is 17.0 Å². The second-order valence-corrected chi connectivity index (χ2v) is 6.46. The molecule has 2 aromatic rings. The molecular weight excluding hydrogens is 417 g/mol. The predicted molar refractivity (Wildman–Crippen MR) is 106 cm³/mol. The van der Waals surface area contributed by atoms with E-state index in [-0.39, 0.29) is 24.6 Å². The molecule has 31 heavy (non-hydrogen) atoms. The Labute approximate surface area is 176 Å². The Kier molecular flexibility index (Phi) is 8.00. The van der Waals surface area contributed by atoms with Crippen molar-refractivity contribution in [3.8, 4) is 11.5 Å². The van der Waals surface area contributed by atoms with Gasteiger partial charge in [-0.1, -0.05) is 6.92 Å². The number of anilines is 1. The first-order valence-electron chi connectivity index (χ1n) is 9.23. The van der Waals surface area contributed by atoms with E-state index in [9.17, 15) is 27.6 Å². The topological polar surface area (TPSA) is 84.9 Å². The molecule has 0 bridgehead atoms. The summed E-state index contributed by atoms with van der Waals surface area (Å²) in [5.74, 6) is -1.02. The van der Waals surface area contributed by atoms with Crippen LogP contribution in [0.3, 0.4) is 0 Å². The maximum absolute atomic E-state index is 12.2. The van der Waals surface area contributed by atoms with Crippen molar-refractivity contribution in [3.05, 3.63) is 54.1 Å². The Hall–Kier alpha value is -3.56. The minimum atomic E-state index is -4.80. The van der Waals surface area contributed by atoms with Gasteiger partial charge >= 0.3 is 6.36 Å².